The number of hydrogen-bond donors (Lipinski definition) is 1. The molecule has 0 saturated carbocycles. The zero-order valence-corrected chi connectivity index (χ0v) is 16.6. The van der Waals surface area contributed by atoms with E-state index in [2.05, 4.69) is 10.3 Å². The fourth-order valence-corrected chi connectivity index (χ4v) is 4.75. The Morgan fingerprint density at radius 1 is 1.33 bits per heavy atom. The summed E-state index contributed by atoms with van der Waals surface area (Å²) < 4.78 is 25.1. The van der Waals surface area contributed by atoms with Crippen LogP contribution < -0.4 is 5.32 Å². The summed E-state index contributed by atoms with van der Waals surface area (Å²) in [7, 11) is -3.03. The highest BCUT2D eigenvalue weighted by Crippen LogP contribution is 2.19. The molecule has 3 rings (SSSR count). The number of imidazole rings is 1. The fourth-order valence-electron chi connectivity index (χ4n) is 3.62. The van der Waals surface area contributed by atoms with Gasteiger partial charge < -0.3 is 14.8 Å². The normalized spacial score (nSPS) is 17.7. The Bertz CT molecular complexity index is 907. The Kier molecular flexibility index (Phi) is 5.84. The Morgan fingerprint density at radius 2 is 2.11 bits per heavy atom. The number of nitrogens with one attached hydrogen (secondary N) is 1. The number of benzene rings is 1. The second-order valence-electron chi connectivity index (χ2n) is 7.18. The minimum atomic E-state index is -3.03. The number of amides is 2. The number of urea groups is 1. The fraction of sp³-hybridized carbons (Fsp3) is 0.474. The van der Waals surface area contributed by atoms with Crippen LogP contribution in [-0.2, 0) is 16.4 Å². The first-order valence-corrected chi connectivity index (χ1v) is 11.2. The maximum absolute atomic E-state index is 12.6. The number of sulfone groups is 1. The van der Waals surface area contributed by atoms with Crippen LogP contribution in [0.15, 0.2) is 36.7 Å². The predicted octanol–water partition coefficient (Wildman–Crippen LogP) is 2.15. The quantitative estimate of drug-likeness (QED) is 0.848. The topological polar surface area (TPSA) is 84.3 Å². The van der Waals surface area contributed by atoms with Crippen molar-refractivity contribution in [2.24, 2.45) is 5.92 Å². The van der Waals surface area contributed by atoms with E-state index in [1.807, 2.05) is 42.0 Å². The number of likely N-dealkylation sites (tertiary alicyclic amines) is 1. The van der Waals surface area contributed by atoms with Gasteiger partial charge in [0, 0.05) is 38.3 Å². The summed E-state index contributed by atoms with van der Waals surface area (Å²) in [5.74, 6) is 1.04. The number of carbonyl (C=O) groups excluding carboxylic acids is 1. The highest BCUT2D eigenvalue weighted by molar-refractivity contribution is 7.90. The zero-order valence-electron chi connectivity index (χ0n) is 15.8. The summed E-state index contributed by atoms with van der Waals surface area (Å²) in [6.45, 7) is 3.49. The molecular weight excluding hydrogens is 364 g/mol. The van der Waals surface area contributed by atoms with E-state index in [4.69, 9.17) is 0 Å². The van der Waals surface area contributed by atoms with Gasteiger partial charge in [0.25, 0.3) is 0 Å². The number of para-hydroxylation sites is 1. The van der Waals surface area contributed by atoms with Crippen molar-refractivity contribution < 1.29 is 13.2 Å². The van der Waals surface area contributed by atoms with Crippen LogP contribution in [0, 0.1) is 12.8 Å². The first kappa shape index (κ1) is 19.4. The molecule has 146 valence electrons. The molecule has 2 amide bonds. The molecular formula is C19H26N4O3S. The third-order valence-corrected chi connectivity index (χ3v) is 5.93. The summed E-state index contributed by atoms with van der Waals surface area (Å²) in [5.41, 5.74) is 1.98. The van der Waals surface area contributed by atoms with Gasteiger partial charge in [-0.1, -0.05) is 18.2 Å². The Hall–Kier alpha value is -2.35. The van der Waals surface area contributed by atoms with Crippen LogP contribution in [0.2, 0.25) is 0 Å². The molecule has 1 aromatic carbocycles. The second kappa shape index (κ2) is 8.12. The molecule has 2 aromatic rings. The van der Waals surface area contributed by atoms with Gasteiger partial charge in [-0.3, -0.25) is 0 Å². The molecule has 1 saturated heterocycles. The van der Waals surface area contributed by atoms with Crippen molar-refractivity contribution in [3.8, 4) is 5.69 Å². The Balaban J connectivity index is 1.64. The molecule has 0 bridgehead atoms. The first-order valence-electron chi connectivity index (χ1n) is 9.12. The number of rotatable bonds is 5. The van der Waals surface area contributed by atoms with E-state index in [0.717, 1.165) is 29.9 Å². The lowest BCUT2D eigenvalue weighted by Gasteiger charge is -2.32. The molecule has 1 atom stereocenters. The smallest absolute Gasteiger partial charge is 0.317 e. The summed E-state index contributed by atoms with van der Waals surface area (Å²) in [5, 5.41) is 2.98. The molecule has 27 heavy (non-hydrogen) atoms. The molecule has 0 spiro atoms. The third kappa shape index (κ3) is 5.09. The average Bonchev–Trinajstić information content (AvgIpc) is 3.04. The largest absolute Gasteiger partial charge is 0.334 e. The SMILES string of the molecule is Cc1nccn1-c1ccccc1CNC(=O)N1CCCC(CS(C)(=O)=O)C1. The van der Waals surface area contributed by atoms with E-state index >= 15 is 0 Å². The molecule has 1 fully saturated rings. The Morgan fingerprint density at radius 3 is 2.81 bits per heavy atom. The van der Waals surface area contributed by atoms with Crippen LogP contribution in [0.25, 0.3) is 5.69 Å². The van der Waals surface area contributed by atoms with Gasteiger partial charge in [0.15, 0.2) is 0 Å². The maximum atomic E-state index is 12.6. The monoisotopic (exact) mass is 390 g/mol. The van der Waals surface area contributed by atoms with Crippen molar-refractivity contribution in [2.75, 3.05) is 25.1 Å². The van der Waals surface area contributed by atoms with Crippen molar-refractivity contribution in [3.05, 3.63) is 48.0 Å². The van der Waals surface area contributed by atoms with E-state index in [1.165, 1.54) is 6.26 Å². The summed E-state index contributed by atoms with van der Waals surface area (Å²) >= 11 is 0. The van der Waals surface area contributed by atoms with E-state index in [1.54, 1.807) is 11.1 Å². The molecule has 1 N–H and O–H groups in total. The van der Waals surface area contributed by atoms with Gasteiger partial charge in [-0.2, -0.15) is 0 Å². The highest BCUT2D eigenvalue weighted by atomic mass is 32.2. The zero-order chi connectivity index (χ0) is 19.4. The van der Waals surface area contributed by atoms with Crippen LogP contribution in [0.3, 0.4) is 0 Å². The van der Waals surface area contributed by atoms with E-state index in [9.17, 15) is 13.2 Å². The number of piperidine rings is 1. The van der Waals surface area contributed by atoms with Gasteiger partial charge in [0.05, 0.1) is 11.4 Å². The molecule has 1 aliphatic rings. The molecule has 1 unspecified atom stereocenters. The standard InChI is InChI=1S/C19H26N4O3S/c1-15-20-9-11-23(15)18-8-4-3-7-17(18)12-21-19(24)22-10-5-6-16(13-22)14-27(2,25)26/h3-4,7-9,11,16H,5-6,10,12-14H2,1-2H3,(H,21,24). The van der Waals surface area contributed by atoms with Crippen LogP contribution >= 0.6 is 0 Å². The van der Waals surface area contributed by atoms with Crippen LogP contribution in [0.4, 0.5) is 4.79 Å². The summed E-state index contributed by atoms with van der Waals surface area (Å²) in [6.07, 6.45) is 6.58. The maximum Gasteiger partial charge on any atom is 0.317 e. The lowest BCUT2D eigenvalue weighted by Crippen LogP contribution is -2.46. The minimum Gasteiger partial charge on any atom is -0.334 e. The van der Waals surface area contributed by atoms with Gasteiger partial charge in [-0.25, -0.2) is 18.2 Å². The molecule has 7 nitrogen and oxygen atoms in total. The highest BCUT2D eigenvalue weighted by Gasteiger charge is 2.26. The van der Waals surface area contributed by atoms with Crippen molar-refractivity contribution in [2.45, 2.75) is 26.3 Å². The lowest BCUT2D eigenvalue weighted by molar-refractivity contribution is 0.170. The van der Waals surface area contributed by atoms with Gasteiger partial charge in [-0.05, 0) is 37.3 Å². The number of hydrogen-bond acceptors (Lipinski definition) is 4. The number of nitrogens with zero attached hydrogens (tertiary/aromatic N) is 3. The summed E-state index contributed by atoms with van der Waals surface area (Å²) in [4.78, 5) is 18.6. The van der Waals surface area contributed by atoms with E-state index in [0.29, 0.717) is 19.6 Å². The molecule has 1 aromatic heterocycles. The number of carbonyl (C=O) groups is 1. The molecule has 0 radical (unpaired) electrons. The third-order valence-electron chi connectivity index (χ3n) is 4.85. The molecule has 1 aliphatic heterocycles. The van der Waals surface area contributed by atoms with Crippen molar-refractivity contribution in [1.29, 1.82) is 0 Å². The second-order valence-corrected chi connectivity index (χ2v) is 9.36. The van der Waals surface area contributed by atoms with E-state index in [-0.39, 0.29) is 17.7 Å². The first-order chi connectivity index (χ1) is 12.8. The predicted molar refractivity (Wildman–Crippen MR) is 105 cm³/mol. The number of aryl methyl sites for hydroxylation is 1. The van der Waals surface area contributed by atoms with Crippen LogP contribution in [0.5, 0.6) is 0 Å². The average molecular weight is 391 g/mol. The van der Waals surface area contributed by atoms with Crippen molar-refractivity contribution >= 4 is 15.9 Å². The molecule has 2 heterocycles. The number of aromatic nitrogens is 2. The van der Waals surface area contributed by atoms with Crippen LogP contribution in [0.1, 0.15) is 24.2 Å². The van der Waals surface area contributed by atoms with Gasteiger partial charge in [-0.15, -0.1) is 0 Å². The minimum absolute atomic E-state index is 0.0142. The van der Waals surface area contributed by atoms with Gasteiger partial charge in [0.1, 0.15) is 15.7 Å². The lowest BCUT2D eigenvalue weighted by atomic mass is 10.0. The van der Waals surface area contributed by atoms with Crippen molar-refractivity contribution in [3.63, 3.8) is 0 Å². The van der Waals surface area contributed by atoms with Gasteiger partial charge in [0.2, 0.25) is 0 Å². The van der Waals surface area contributed by atoms with Crippen molar-refractivity contribution in [1.82, 2.24) is 19.8 Å². The van der Waals surface area contributed by atoms with Gasteiger partial charge >= 0.3 is 6.03 Å². The molecule has 0 aliphatic carbocycles. The van der Waals surface area contributed by atoms with Crippen LogP contribution in [-0.4, -0.2) is 54.0 Å². The molecule has 8 heteroatoms. The summed E-state index contributed by atoms with van der Waals surface area (Å²) in [6, 6.07) is 7.74. The van der Waals surface area contributed by atoms with E-state index < -0.39 is 9.84 Å². The Labute approximate surface area is 160 Å².